The van der Waals surface area contributed by atoms with Crippen molar-refractivity contribution in [2.75, 3.05) is 7.11 Å². The molecule has 0 aromatic rings. The molecule has 0 aliphatic heterocycles. The quantitative estimate of drug-likeness (QED) is 0.437. The van der Waals surface area contributed by atoms with Crippen LogP contribution in [0.25, 0.3) is 0 Å². The first-order chi connectivity index (χ1) is 4.04. The number of hydrogen-bond donors (Lipinski definition) is 0. The van der Waals surface area contributed by atoms with Gasteiger partial charge in [-0.1, -0.05) is 28.7 Å². The van der Waals surface area contributed by atoms with Crippen LogP contribution >= 0.6 is 21.8 Å². The van der Waals surface area contributed by atoms with Crippen LogP contribution in [0.4, 0.5) is 0 Å². The lowest BCUT2D eigenvalue weighted by Gasteiger charge is -2.13. The molecule has 9 heavy (non-hydrogen) atoms. The van der Waals surface area contributed by atoms with E-state index in [-0.39, 0.29) is 5.41 Å². The molecule has 0 heterocycles. The Balaban J connectivity index is 3.97. The second-order valence-corrected chi connectivity index (χ2v) is 10.9. The summed E-state index contributed by atoms with van der Waals surface area (Å²) in [5, 5.41) is 0.269. The molecule has 0 aromatic heterocycles. The summed E-state index contributed by atoms with van der Waals surface area (Å²) in [7, 11) is 1.60. The molecular weight excluding hydrogens is 247 g/mol. The molecule has 0 bridgehead atoms. The van der Waals surface area contributed by atoms with E-state index < -0.39 is 5.81 Å². The summed E-state index contributed by atoms with van der Waals surface area (Å²) in [5.41, 5.74) is 0. The average molecular weight is 258 g/mol. The van der Waals surface area contributed by atoms with E-state index in [0.29, 0.717) is 6.42 Å². The molecule has 0 aromatic carbocycles. The van der Waals surface area contributed by atoms with Crippen molar-refractivity contribution >= 4 is 33.0 Å². The fourth-order valence-electron chi connectivity index (χ4n) is 0.430. The minimum Gasteiger partial charge on any atom is -0.405 e. The minimum atomic E-state index is -1.95. The number of carbonyl (C=O) groups is 1. The predicted molar refractivity (Wildman–Crippen MR) is 47.9 cm³/mol. The Kier molecular flexibility index (Phi) is 3.91. The molecule has 0 fully saturated rings. The molecule has 1 atom stereocenters. The van der Waals surface area contributed by atoms with Gasteiger partial charge in [0, 0.05) is 13.5 Å². The molecule has 2 nitrogen and oxygen atoms in total. The monoisotopic (exact) mass is 258 g/mol. The Morgan fingerprint density at radius 2 is 2.22 bits per heavy atom. The van der Waals surface area contributed by atoms with Gasteiger partial charge in [-0.3, -0.25) is 0 Å². The molecular formula is C5H11IO2Si. The molecule has 4 heteroatoms. The van der Waals surface area contributed by atoms with Crippen LogP contribution in [-0.2, 0) is 9.22 Å². The van der Waals surface area contributed by atoms with Gasteiger partial charge in [-0.15, -0.1) is 0 Å². The molecule has 1 unspecified atom stereocenters. The summed E-state index contributed by atoms with van der Waals surface area (Å²) in [5.74, 6) is -1.95. The zero-order chi connectivity index (χ0) is 7.49. The largest absolute Gasteiger partial charge is 0.405 e. The van der Waals surface area contributed by atoms with E-state index in [1.165, 1.54) is 0 Å². The lowest BCUT2D eigenvalue weighted by molar-refractivity contribution is -0.113. The molecule has 0 saturated carbocycles. The highest BCUT2D eigenvalue weighted by molar-refractivity contribution is 14.1. The molecule has 0 N–H and O–H groups in total. The van der Waals surface area contributed by atoms with Crippen LogP contribution in [0, 0.1) is 0 Å². The van der Waals surface area contributed by atoms with Crippen molar-refractivity contribution in [2.45, 2.75) is 19.9 Å². The minimum absolute atomic E-state index is 0.269. The van der Waals surface area contributed by atoms with Crippen LogP contribution in [-0.4, -0.2) is 18.3 Å². The van der Waals surface area contributed by atoms with Crippen molar-refractivity contribution in [3.8, 4) is 0 Å². The SMILES string of the molecule is CCC(=O)[Si](C)(I)OC. The second-order valence-electron chi connectivity index (χ2n) is 1.90. The van der Waals surface area contributed by atoms with Gasteiger partial charge in [0.2, 0.25) is 0 Å². The highest BCUT2D eigenvalue weighted by Crippen LogP contribution is 2.15. The fraction of sp³-hybridized carbons (Fsp3) is 0.800. The average Bonchev–Trinajstić information content (AvgIpc) is 1.86. The first kappa shape index (κ1) is 9.58. The smallest absolute Gasteiger partial charge is 0.326 e. The Bertz CT molecular complexity index is 114. The lowest BCUT2D eigenvalue weighted by atomic mass is 10.6. The van der Waals surface area contributed by atoms with E-state index in [9.17, 15) is 4.79 Å². The summed E-state index contributed by atoms with van der Waals surface area (Å²) >= 11 is 2.13. The number of carbonyl (C=O) groups excluding carboxylic acids is 1. The Morgan fingerprint density at radius 3 is 2.33 bits per heavy atom. The van der Waals surface area contributed by atoms with E-state index in [1.54, 1.807) is 7.11 Å². The molecule has 54 valence electrons. The molecule has 0 radical (unpaired) electrons. The van der Waals surface area contributed by atoms with Gasteiger partial charge >= 0.3 is 5.81 Å². The first-order valence-corrected chi connectivity index (χ1v) is 8.34. The normalized spacial score (nSPS) is 16.9. The van der Waals surface area contributed by atoms with Crippen molar-refractivity contribution in [3.63, 3.8) is 0 Å². The third-order valence-electron chi connectivity index (χ3n) is 1.20. The second kappa shape index (κ2) is 3.67. The molecule has 0 rings (SSSR count). The molecule has 0 aliphatic carbocycles. The Morgan fingerprint density at radius 1 is 1.78 bits per heavy atom. The van der Waals surface area contributed by atoms with E-state index in [0.717, 1.165) is 0 Å². The van der Waals surface area contributed by atoms with E-state index in [2.05, 4.69) is 21.8 Å². The van der Waals surface area contributed by atoms with Gasteiger partial charge in [-0.05, 0) is 6.55 Å². The van der Waals surface area contributed by atoms with Crippen molar-refractivity contribution in [2.24, 2.45) is 0 Å². The van der Waals surface area contributed by atoms with Crippen LogP contribution in [0.15, 0.2) is 0 Å². The van der Waals surface area contributed by atoms with Gasteiger partial charge in [0.25, 0.3) is 0 Å². The van der Waals surface area contributed by atoms with Crippen molar-refractivity contribution in [3.05, 3.63) is 0 Å². The highest BCUT2D eigenvalue weighted by Gasteiger charge is 2.31. The van der Waals surface area contributed by atoms with Crippen LogP contribution in [0.1, 0.15) is 13.3 Å². The standard InChI is InChI=1S/C5H11IO2Si/c1-4-5(7)9(3,6)8-2/h4H2,1-3H3. The van der Waals surface area contributed by atoms with E-state index in [4.69, 9.17) is 4.43 Å². The first-order valence-electron chi connectivity index (χ1n) is 2.82. The summed E-state index contributed by atoms with van der Waals surface area (Å²) < 4.78 is 5.07. The summed E-state index contributed by atoms with van der Waals surface area (Å²) in [6.45, 7) is 3.77. The van der Waals surface area contributed by atoms with Crippen LogP contribution in [0.3, 0.4) is 0 Å². The van der Waals surface area contributed by atoms with Gasteiger partial charge in [0.1, 0.15) is 0 Å². The Labute approximate surface area is 69.3 Å². The maximum atomic E-state index is 11.0. The van der Waals surface area contributed by atoms with Gasteiger partial charge in [-0.2, -0.15) is 0 Å². The molecule has 0 aliphatic rings. The zero-order valence-corrected chi connectivity index (χ0v) is 9.06. The van der Waals surface area contributed by atoms with E-state index >= 15 is 0 Å². The maximum Gasteiger partial charge on any atom is 0.326 e. The third kappa shape index (κ3) is 2.77. The Hall–Kier alpha value is 0.577. The number of halogens is 1. The number of rotatable bonds is 3. The van der Waals surface area contributed by atoms with Crippen LogP contribution in [0.5, 0.6) is 0 Å². The van der Waals surface area contributed by atoms with Gasteiger partial charge < -0.3 is 9.22 Å². The number of hydrogen-bond acceptors (Lipinski definition) is 2. The van der Waals surface area contributed by atoms with Crippen LogP contribution in [0.2, 0.25) is 6.55 Å². The molecule has 0 spiro atoms. The third-order valence-corrected chi connectivity index (χ3v) is 6.44. The molecule has 0 saturated heterocycles. The summed E-state index contributed by atoms with van der Waals surface area (Å²) in [4.78, 5) is 11.0. The van der Waals surface area contributed by atoms with E-state index in [1.807, 2.05) is 13.5 Å². The van der Waals surface area contributed by atoms with Crippen molar-refractivity contribution in [1.82, 2.24) is 0 Å². The topological polar surface area (TPSA) is 26.3 Å². The lowest BCUT2D eigenvalue weighted by Crippen LogP contribution is -2.35. The summed E-state index contributed by atoms with van der Waals surface area (Å²) in [6.07, 6.45) is 0.597. The van der Waals surface area contributed by atoms with Crippen LogP contribution < -0.4 is 0 Å². The maximum absolute atomic E-state index is 11.0. The van der Waals surface area contributed by atoms with Gasteiger partial charge in [0.15, 0.2) is 5.41 Å². The van der Waals surface area contributed by atoms with Gasteiger partial charge in [0.05, 0.1) is 0 Å². The summed E-state index contributed by atoms with van der Waals surface area (Å²) in [6, 6.07) is 0. The highest BCUT2D eigenvalue weighted by atomic mass is 127. The van der Waals surface area contributed by atoms with Crippen molar-refractivity contribution < 1.29 is 9.22 Å². The predicted octanol–water partition coefficient (Wildman–Crippen LogP) is 1.66. The van der Waals surface area contributed by atoms with Gasteiger partial charge in [-0.25, -0.2) is 0 Å². The zero-order valence-electron chi connectivity index (χ0n) is 5.90. The van der Waals surface area contributed by atoms with Crippen molar-refractivity contribution in [1.29, 1.82) is 0 Å². The fourth-order valence-corrected chi connectivity index (χ4v) is 2.43. The molecule has 0 amide bonds.